The summed E-state index contributed by atoms with van der Waals surface area (Å²) in [5, 5.41) is 8.20. The highest BCUT2D eigenvalue weighted by Crippen LogP contribution is 2.41. The number of anilines is 1. The van der Waals surface area contributed by atoms with Crippen molar-refractivity contribution in [2.75, 3.05) is 4.72 Å². The second-order valence-corrected chi connectivity index (χ2v) is 8.84. The minimum absolute atomic E-state index is 0.145. The van der Waals surface area contributed by atoms with Gasteiger partial charge < -0.3 is 9.40 Å². The van der Waals surface area contributed by atoms with Gasteiger partial charge in [0, 0.05) is 17.3 Å². The smallest absolute Gasteiger partial charge is 0.264 e. The van der Waals surface area contributed by atoms with Crippen LogP contribution in [0.2, 0.25) is 0 Å². The van der Waals surface area contributed by atoms with Gasteiger partial charge in [0.2, 0.25) is 5.89 Å². The predicted octanol–water partition coefficient (Wildman–Crippen LogP) is 3.98. The number of aryl methyl sites for hydroxylation is 4. The van der Waals surface area contributed by atoms with Gasteiger partial charge in [-0.15, -0.1) is 10.2 Å². The molecule has 8 heteroatoms. The lowest BCUT2D eigenvalue weighted by Crippen LogP contribution is -2.15. The Balaban J connectivity index is 1.79. The topological polar surface area (TPSA) is 101 Å². The Morgan fingerprint density at radius 1 is 1.11 bits per heavy atom. The van der Waals surface area contributed by atoms with Crippen LogP contribution in [0.4, 0.5) is 5.69 Å². The molecule has 2 heterocycles. The second-order valence-electron chi connectivity index (χ2n) is 7.22. The largest absolute Gasteiger partial charge is 0.420 e. The molecule has 0 spiro atoms. The normalized spacial score (nSPS) is 14.5. The van der Waals surface area contributed by atoms with Gasteiger partial charge in [-0.25, -0.2) is 8.42 Å². The molecule has 0 unspecified atom stereocenters. The molecule has 3 aromatic rings. The molecule has 1 fully saturated rings. The Labute approximate surface area is 158 Å². The molecule has 1 aliphatic carbocycles. The Bertz CT molecular complexity index is 1120. The maximum atomic E-state index is 13.2. The molecule has 0 atom stereocenters. The van der Waals surface area contributed by atoms with Crippen LogP contribution in [0.1, 0.15) is 47.2 Å². The number of hydrogen-bond donors (Lipinski definition) is 2. The molecule has 142 valence electrons. The number of nitrogens with zero attached hydrogens (tertiary/aromatic N) is 2. The van der Waals surface area contributed by atoms with Crippen molar-refractivity contribution in [2.24, 2.45) is 0 Å². The van der Waals surface area contributed by atoms with Crippen molar-refractivity contribution in [2.45, 2.75) is 51.3 Å². The van der Waals surface area contributed by atoms with Gasteiger partial charge in [-0.05, 0) is 57.7 Å². The van der Waals surface area contributed by atoms with Crippen LogP contribution in [0, 0.1) is 27.7 Å². The summed E-state index contributed by atoms with van der Waals surface area (Å²) >= 11 is 0. The van der Waals surface area contributed by atoms with Crippen molar-refractivity contribution >= 4 is 15.7 Å². The van der Waals surface area contributed by atoms with E-state index in [-0.39, 0.29) is 10.8 Å². The van der Waals surface area contributed by atoms with Gasteiger partial charge in [0.1, 0.15) is 4.90 Å². The number of H-pyrrole nitrogens is 1. The zero-order chi connectivity index (χ0) is 19.3. The Kier molecular flexibility index (Phi) is 4.10. The predicted molar refractivity (Wildman–Crippen MR) is 102 cm³/mol. The first-order valence-electron chi connectivity index (χ1n) is 8.89. The molecular formula is C19H22N4O3S. The van der Waals surface area contributed by atoms with Crippen LogP contribution >= 0.6 is 0 Å². The van der Waals surface area contributed by atoms with Crippen LogP contribution in [-0.2, 0) is 10.0 Å². The van der Waals surface area contributed by atoms with Crippen molar-refractivity contribution in [1.29, 1.82) is 0 Å². The third-order valence-corrected chi connectivity index (χ3v) is 6.34. The van der Waals surface area contributed by atoms with Crippen molar-refractivity contribution in [3.8, 4) is 11.5 Å². The molecule has 1 aliphatic rings. The van der Waals surface area contributed by atoms with E-state index < -0.39 is 10.0 Å². The second kappa shape index (κ2) is 6.23. The van der Waals surface area contributed by atoms with Crippen LogP contribution < -0.4 is 4.72 Å². The van der Waals surface area contributed by atoms with Gasteiger partial charge in [-0.3, -0.25) is 4.72 Å². The molecule has 4 rings (SSSR count). The van der Waals surface area contributed by atoms with Gasteiger partial charge in [0.25, 0.3) is 15.9 Å². The average molecular weight is 386 g/mol. The minimum Gasteiger partial charge on any atom is -0.420 e. The van der Waals surface area contributed by atoms with E-state index in [9.17, 15) is 8.42 Å². The molecule has 0 amide bonds. The first-order chi connectivity index (χ1) is 12.8. The van der Waals surface area contributed by atoms with Crippen LogP contribution in [0.25, 0.3) is 11.5 Å². The summed E-state index contributed by atoms with van der Waals surface area (Å²) in [6.45, 7) is 7.33. The molecule has 0 aliphatic heterocycles. The SMILES string of the molecule is Cc1ccc(C)c(NS(=O)(=O)c2c(C)[nH]c(C)c2-c2nnc(C3CC3)o2)c1. The number of aromatic nitrogens is 3. The van der Waals surface area contributed by atoms with Gasteiger partial charge in [0.15, 0.2) is 0 Å². The number of rotatable bonds is 5. The highest BCUT2D eigenvalue weighted by Gasteiger charge is 2.33. The molecule has 2 N–H and O–H groups in total. The van der Waals surface area contributed by atoms with E-state index in [1.165, 1.54) is 0 Å². The zero-order valence-electron chi connectivity index (χ0n) is 15.8. The molecule has 7 nitrogen and oxygen atoms in total. The zero-order valence-corrected chi connectivity index (χ0v) is 16.6. The lowest BCUT2D eigenvalue weighted by atomic mass is 10.1. The summed E-state index contributed by atoms with van der Waals surface area (Å²) in [6, 6.07) is 5.66. The van der Waals surface area contributed by atoms with E-state index in [1.807, 2.05) is 32.0 Å². The van der Waals surface area contributed by atoms with E-state index in [0.29, 0.717) is 34.4 Å². The fourth-order valence-corrected chi connectivity index (χ4v) is 4.80. The van der Waals surface area contributed by atoms with Crippen LogP contribution in [-0.4, -0.2) is 23.6 Å². The first kappa shape index (κ1) is 17.8. The lowest BCUT2D eigenvalue weighted by molar-refractivity contribution is 0.507. The molecule has 1 saturated carbocycles. The fraction of sp³-hybridized carbons (Fsp3) is 0.368. The van der Waals surface area contributed by atoms with E-state index in [2.05, 4.69) is 19.9 Å². The maximum absolute atomic E-state index is 13.2. The average Bonchev–Trinajstić information content (AvgIpc) is 3.24. The Morgan fingerprint density at radius 3 is 2.56 bits per heavy atom. The Morgan fingerprint density at radius 2 is 1.85 bits per heavy atom. The van der Waals surface area contributed by atoms with Crippen molar-refractivity contribution < 1.29 is 12.8 Å². The molecule has 27 heavy (non-hydrogen) atoms. The summed E-state index contributed by atoms with van der Waals surface area (Å²) in [5.41, 5.74) is 4.04. The maximum Gasteiger partial charge on any atom is 0.264 e. The van der Waals surface area contributed by atoms with E-state index in [0.717, 1.165) is 24.0 Å². The molecule has 0 radical (unpaired) electrons. The monoisotopic (exact) mass is 386 g/mol. The third kappa shape index (κ3) is 3.25. The summed E-state index contributed by atoms with van der Waals surface area (Å²) < 4.78 is 34.9. The summed E-state index contributed by atoms with van der Waals surface area (Å²) in [7, 11) is -3.85. The molecule has 0 bridgehead atoms. The quantitative estimate of drug-likeness (QED) is 0.691. The highest BCUT2D eigenvalue weighted by molar-refractivity contribution is 7.93. The summed E-state index contributed by atoms with van der Waals surface area (Å²) in [5.74, 6) is 1.12. The third-order valence-electron chi connectivity index (χ3n) is 4.80. The van der Waals surface area contributed by atoms with Gasteiger partial charge in [-0.1, -0.05) is 12.1 Å². The molecule has 0 saturated heterocycles. The number of benzene rings is 1. The number of aromatic amines is 1. The van der Waals surface area contributed by atoms with E-state index >= 15 is 0 Å². The Hall–Kier alpha value is -2.61. The minimum atomic E-state index is -3.85. The molecular weight excluding hydrogens is 364 g/mol. The summed E-state index contributed by atoms with van der Waals surface area (Å²) in [4.78, 5) is 3.24. The van der Waals surface area contributed by atoms with Crippen LogP contribution in [0.15, 0.2) is 27.5 Å². The highest BCUT2D eigenvalue weighted by atomic mass is 32.2. The first-order valence-corrected chi connectivity index (χ1v) is 10.4. The number of hydrogen-bond acceptors (Lipinski definition) is 5. The van der Waals surface area contributed by atoms with E-state index in [4.69, 9.17) is 4.42 Å². The summed E-state index contributed by atoms with van der Waals surface area (Å²) in [6.07, 6.45) is 2.07. The lowest BCUT2D eigenvalue weighted by Gasteiger charge is -2.12. The van der Waals surface area contributed by atoms with Crippen molar-refractivity contribution in [1.82, 2.24) is 15.2 Å². The van der Waals surface area contributed by atoms with Crippen LogP contribution in [0.3, 0.4) is 0 Å². The van der Waals surface area contributed by atoms with Crippen molar-refractivity contribution in [3.05, 3.63) is 46.6 Å². The standard InChI is InChI=1S/C19H22N4O3S/c1-10-5-6-11(2)15(9-10)23-27(24,25)17-13(4)20-12(3)16(17)19-22-21-18(26-19)14-7-8-14/h5-6,9,14,20,23H,7-8H2,1-4H3. The van der Waals surface area contributed by atoms with Gasteiger partial charge in [0.05, 0.1) is 11.3 Å². The molecule has 2 aromatic heterocycles. The fourth-order valence-electron chi connectivity index (χ4n) is 3.22. The van der Waals surface area contributed by atoms with E-state index in [1.54, 1.807) is 13.8 Å². The number of nitrogens with one attached hydrogen (secondary N) is 2. The number of sulfonamides is 1. The van der Waals surface area contributed by atoms with Crippen LogP contribution in [0.5, 0.6) is 0 Å². The van der Waals surface area contributed by atoms with Gasteiger partial charge >= 0.3 is 0 Å². The molecule has 1 aromatic carbocycles. The van der Waals surface area contributed by atoms with Gasteiger partial charge in [-0.2, -0.15) is 0 Å². The van der Waals surface area contributed by atoms with Crippen molar-refractivity contribution in [3.63, 3.8) is 0 Å².